The number of nitrogens with one attached hydrogen (secondary N) is 1. The van der Waals surface area contributed by atoms with Crippen LogP contribution in [-0.4, -0.2) is 61.4 Å². The van der Waals surface area contributed by atoms with Crippen molar-refractivity contribution in [3.63, 3.8) is 0 Å². The van der Waals surface area contributed by atoms with Crippen molar-refractivity contribution in [3.05, 3.63) is 59.2 Å². The number of carbonyl (C=O) groups excluding carboxylic acids is 2. The molecule has 2 amide bonds. The van der Waals surface area contributed by atoms with E-state index in [-0.39, 0.29) is 11.8 Å². The number of nitrogens with zero attached hydrogens (tertiary/aromatic N) is 2. The van der Waals surface area contributed by atoms with Crippen LogP contribution in [0.3, 0.4) is 0 Å². The van der Waals surface area contributed by atoms with Crippen molar-refractivity contribution in [2.75, 3.05) is 39.1 Å². The van der Waals surface area contributed by atoms with Crippen LogP contribution < -0.4 is 10.1 Å². The lowest BCUT2D eigenvalue weighted by atomic mass is 10.1. The zero-order chi connectivity index (χ0) is 20.5. The molecule has 4 rings (SSSR count). The molecular weight excluding hydrogens is 366 g/mol. The first kappa shape index (κ1) is 19.5. The van der Waals surface area contributed by atoms with Crippen molar-refractivity contribution >= 4 is 17.5 Å². The summed E-state index contributed by atoms with van der Waals surface area (Å²) in [7, 11) is 3.68. The SMILES string of the molecule is COc1ccccc1C(=O)Nc1cc(C(=O)N2C[C@@H]3CCN(C)[C@@H]3C2)ccc1C. The predicted molar refractivity (Wildman–Crippen MR) is 113 cm³/mol. The summed E-state index contributed by atoms with van der Waals surface area (Å²) in [4.78, 5) is 30.1. The maximum Gasteiger partial charge on any atom is 0.259 e. The van der Waals surface area contributed by atoms with Crippen LogP contribution in [0.4, 0.5) is 5.69 Å². The molecular formula is C23H27N3O3. The van der Waals surface area contributed by atoms with E-state index in [0.29, 0.717) is 34.5 Å². The Kier molecular flexibility index (Phi) is 5.28. The van der Waals surface area contributed by atoms with Crippen LogP contribution in [0.1, 0.15) is 32.7 Å². The fourth-order valence-corrected chi connectivity index (χ4v) is 4.43. The molecule has 2 aliphatic heterocycles. The Morgan fingerprint density at radius 2 is 1.93 bits per heavy atom. The molecule has 0 spiro atoms. The molecule has 2 atom stereocenters. The second-order valence-electron chi connectivity index (χ2n) is 7.99. The minimum atomic E-state index is -0.257. The Bertz CT molecular complexity index is 943. The maximum absolute atomic E-state index is 13.1. The van der Waals surface area contributed by atoms with Crippen molar-refractivity contribution in [1.82, 2.24) is 9.80 Å². The van der Waals surface area contributed by atoms with Crippen LogP contribution in [0.15, 0.2) is 42.5 Å². The minimum absolute atomic E-state index is 0.0283. The lowest BCUT2D eigenvalue weighted by Crippen LogP contribution is -2.35. The van der Waals surface area contributed by atoms with Crippen molar-refractivity contribution in [3.8, 4) is 5.75 Å². The Labute approximate surface area is 171 Å². The second-order valence-corrected chi connectivity index (χ2v) is 7.99. The van der Waals surface area contributed by atoms with Crippen LogP contribution >= 0.6 is 0 Å². The number of amides is 2. The summed E-state index contributed by atoms with van der Waals surface area (Å²) in [5.74, 6) is 0.856. The highest BCUT2D eigenvalue weighted by molar-refractivity contribution is 6.07. The third-order valence-corrected chi connectivity index (χ3v) is 6.20. The number of hydrogen-bond donors (Lipinski definition) is 1. The van der Waals surface area contributed by atoms with Gasteiger partial charge in [-0.1, -0.05) is 18.2 Å². The van der Waals surface area contributed by atoms with Crippen molar-refractivity contribution in [2.45, 2.75) is 19.4 Å². The molecule has 2 aromatic carbocycles. The van der Waals surface area contributed by atoms with Crippen molar-refractivity contribution in [1.29, 1.82) is 0 Å². The number of para-hydroxylation sites is 1. The molecule has 2 heterocycles. The molecule has 2 saturated heterocycles. The predicted octanol–water partition coefficient (Wildman–Crippen LogP) is 3.03. The van der Waals surface area contributed by atoms with Gasteiger partial charge < -0.3 is 19.9 Å². The van der Waals surface area contributed by atoms with E-state index in [0.717, 1.165) is 31.6 Å². The van der Waals surface area contributed by atoms with Crippen LogP contribution in [-0.2, 0) is 0 Å². The molecule has 0 aliphatic carbocycles. The summed E-state index contributed by atoms with van der Waals surface area (Å²) in [6.07, 6.45) is 1.15. The van der Waals surface area contributed by atoms with Gasteiger partial charge in [0.25, 0.3) is 11.8 Å². The van der Waals surface area contributed by atoms with Gasteiger partial charge in [-0.25, -0.2) is 0 Å². The zero-order valence-corrected chi connectivity index (χ0v) is 17.1. The van der Waals surface area contributed by atoms with Crippen molar-refractivity contribution < 1.29 is 14.3 Å². The average molecular weight is 393 g/mol. The number of rotatable bonds is 4. The van der Waals surface area contributed by atoms with Gasteiger partial charge in [0.1, 0.15) is 5.75 Å². The van der Waals surface area contributed by atoms with Crippen molar-refractivity contribution in [2.24, 2.45) is 5.92 Å². The number of likely N-dealkylation sites (N-methyl/N-ethyl adjacent to an activating group) is 1. The van der Waals surface area contributed by atoms with Crippen LogP contribution in [0.25, 0.3) is 0 Å². The van der Waals surface area contributed by atoms with Gasteiger partial charge in [-0.15, -0.1) is 0 Å². The highest BCUT2D eigenvalue weighted by Gasteiger charge is 2.41. The van der Waals surface area contributed by atoms with E-state index >= 15 is 0 Å². The maximum atomic E-state index is 13.1. The fourth-order valence-electron chi connectivity index (χ4n) is 4.43. The Morgan fingerprint density at radius 1 is 1.14 bits per heavy atom. The molecule has 2 aromatic rings. The molecule has 2 fully saturated rings. The lowest BCUT2D eigenvalue weighted by molar-refractivity contribution is 0.0774. The number of methoxy groups -OCH3 is 1. The van der Waals surface area contributed by atoms with Crippen LogP contribution in [0, 0.1) is 12.8 Å². The summed E-state index contributed by atoms with van der Waals surface area (Å²) in [5.41, 5.74) is 2.61. The van der Waals surface area contributed by atoms with Crippen LogP contribution in [0.2, 0.25) is 0 Å². The van der Waals surface area contributed by atoms with E-state index < -0.39 is 0 Å². The second kappa shape index (κ2) is 7.87. The average Bonchev–Trinajstić information content (AvgIpc) is 3.31. The van der Waals surface area contributed by atoms with Gasteiger partial charge in [0, 0.05) is 30.4 Å². The Balaban J connectivity index is 1.52. The molecule has 6 nitrogen and oxygen atoms in total. The monoisotopic (exact) mass is 393 g/mol. The number of hydrogen-bond acceptors (Lipinski definition) is 4. The molecule has 0 saturated carbocycles. The summed E-state index contributed by atoms with van der Waals surface area (Å²) < 4.78 is 5.28. The minimum Gasteiger partial charge on any atom is -0.496 e. The van der Waals surface area contributed by atoms with Crippen LogP contribution in [0.5, 0.6) is 5.75 Å². The normalized spacial score (nSPS) is 21.1. The lowest BCUT2D eigenvalue weighted by Gasteiger charge is -2.21. The quantitative estimate of drug-likeness (QED) is 0.867. The molecule has 152 valence electrons. The number of anilines is 1. The molecule has 0 unspecified atom stereocenters. The number of ether oxygens (including phenoxy) is 1. The fraction of sp³-hybridized carbons (Fsp3) is 0.391. The number of carbonyl (C=O) groups is 2. The Hall–Kier alpha value is -2.86. The molecule has 2 aliphatic rings. The standard InChI is InChI=1S/C23H27N3O3/c1-15-8-9-16(23(28)26-13-17-10-11-25(2)20(17)14-26)12-19(15)24-22(27)18-6-4-5-7-21(18)29-3/h4-9,12,17,20H,10-11,13-14H2,1-3H3,(H,24,27)/t17-,20+/m0/s1. The largest absolute Gasteiger partial charge is 0.496 e. The first-order valence-corrected chi connectivity index (χ1v) is 10.0. The first-order valence-electron chi connectivity index (χ1n) is 10.0. The highest BCUT2D eigenvalue weighted by Crippen LogP contribution is 2.31. The van der Waals surface area contributed by atoms with Gasteiger partial charge >= 0.3 is 0 Å². The van der Waals surface area contributed by atoms with E-state index in [1.54, 1.807) is 31.4 Å². The van der Waals surface area contributed by atoms with Gasteiger partial charge in [-0.2, -0.15) is 0 Å². The summed E-state index contributed by atoms with van der Waals surface area (Å²) >= 11 is 0. The number of aryl methyl sites for hydroxylation is 1. The third kappa shape index (κ3) is 3.72. The van der Waals surface area contributed by atoms with Gasteiger partial charge in [-0.3, -0.25) is 9.59 Å². The molecule has 0 aromatic heterocycles. The van der Waals surface area contributed by atoms with Gasteiger partial charge in [0.05, 0.1) is 12.7 Å². The van der Waals surface area contributed by atoms with Gasteiger partial charge in [-0.05, 0) is 62.7 Å². The van der Waals surface area contributed by atoms with E-state index in [9.17, 15) is 9.59 Å². The van der Waals surface area contributed by atoms with E-state index in [4.69, 9.17) is 4.74 Å². The summed E-state index contributed by atoms with van der Waals surface area (Å²) in [5, 5.41) is 2.94. The molecule has 1 N–H and O–H groups in total. The summed E-state index contributed by atoms with van der Waals surface area (Å²) in [6, 6.07) is 13.1. The number of likely N-dealkylation sites (tertiary alicyclic amines) is 2. The zero-order valence-electron chi connectivity index (χ0n) is 17.1. The topological polar surface area (TPSA) is 61.9 Å². The first-order chi connectivity index (χ1) is 14.0. The highest BCUT2D eigenvalue weighted by atomic mass is 16.5. The number of fused-ring (bicyclic) bond motifs is 1. The number of benzene rings is 2. The smallest absolute Gasteiger partial charge is 0.259 e. The van der Waals surface area contributed by atoms with Gasteiger partial charge in [0.2, 0.25) is 0 Å². The van der Waals surface area contributed by atoms with E-state index in [2.05, 4.69) is 17.3 Å². The molecule has 0 radical (unpaired) electrons. The summed E-state index contributed by atoms with van der Waals surface area (Å²) in [6.45, 7) is 4.61. The van der Waals surface area contributed by atoms with E-state index in [1.165, 1.54) is 0 Å². The molecule has 6 heteroatoms. The Morgan fingerprint density at radius 3 is 2.69 bits per heavy atom. The van der Waals surface area contributed by atoms with Gasteiger partial charge in [0.15, 0.2) is 0 Å². The molecule has 0 bridgehead atoms. The molecule has 29 heavy (non-hydrogen) atoms. The third-order valence-electron chi connectivity index (χ3n) is 6.20. The van der Waals surface area contributed by atoms with E-state index in [1.807, 2.05) is 30.0 Å².